The number of thiazole rings is 1. The Labute approximate surface area is 170 Å². The number of carbonyl (C=O) groups is 1. The highest BCUT2D eigenvalue weighted by atomic mass is 32.1. The lowest BCUT2D eigenvalue weighted by Gasteiger charge is -2.34. The molecule has 1 saturated heterocycles. The zero-order chi connectivity index (χ0) is 20.1. The second kappa shape index (κ2) is 9.18. The van der Waals surface area contributed by atoms with Gasteiger partial charge in [-0.1, -0.05) is 13.8 Å². The molecule has 1 aromatic heterocycles. The molecule has 3 atom stereocenters. The quantitative estimate of drug-likeness (QED) is 0.798. The average molecular weight is 399 g/mol. The molecule has 148 valence electrons. The van der Waals surface area contributed by atoms with Crippen molar-refractivity contribution in [2.24, 2.45) is 11.8 Å². The highest BCUT2D eigenvalue weighted by molar-refractivity contribution is 7.13. The van der Waals surface area contributed by atoms with E-state index in [0.29, 0.717) is 28.3 Å². The van der Waals surface area contributed by atoms with Crippen molar-refractivity contribution >= 4 is 22.4 Å². The monoisotopic (exact) mass is 398 g/mol. The number of ether oxygens (including phenoxy) is 1. The van der Waals surface area contributed by atoms with Crippen molar-refractivity contribution in [1.82, 2.24) is 9.88 Å². The van der Waals surface area contributed by atoms with E-state index in [1.807, 2.05) is 5.38 Å². The summed E-state index contributed by atoms with van der Waals surface area (Å²) in [7, 11) is 0. The van der Waals surface area contributed by atoms with Gasteiger partial charge in [0.25, 0.3) is 5.91 Å². The van der Waals surface area contributed by atoms with Crippen molar-refractivity contribution in [3.63, 3.8) is 0 Å². The number of nitrogens with one attached hydrogen (secondary N) is 1. The number of hydrogen-bond acceptors (Lipinski definition) is 6. The summed E-state index contributed by atoms with van der Waals surface area (Å²) in [4.78, 5) is 19.4. The lowest BCUT2D eigenvalue weighted by molar-refractivity contribution is -0.122. The van der Waals surface area contributed by atoms with Crippen LogP contribution in [0.3, 0.4) is 0 Å². The van der Waals surface area contributed by atoms with Crippen LogP contribution in [0, 0.1) is 23.2 Å². The van der Waals surface area contributed by atoms with Crippen molar-refractivity contribution in [2.75, 3.05) is 18.4 Å². The zero-order valence-corrected chi connectivity index (χ0v) is 17.3. The number of aromatic nitrogens is 1. The van der Waals surface area contributed by atoms with Crippen LogP contribution in [0.1, 0.15) is 38.4 Å². The highest BCUT2D eigenvalue weighted by Crippen LogP contribution is 2.24. The summed E-state index contributed by atoms with van der Waals surface area (Å²) in [5.41, 5.74) is 1.54. The summed E-state index contributed by atoms with van der Waals surface area (Å²) in [6, 6.07) is 8.75. The Morgan fingerprint density at radius 1 is 1.36 bits per heavy atom. The van der Waals surface area contributed by atoms with Crippen LogP contribution in [0.15, 0.2) is 29.6 Å². The summed E-state index contributed by atoms with van der Waals surface area (Å²) in [5, 5.41) is 14.3. The molecular formula is C21H26N4O2S. The molecule has 0 saturated carbocycles. The van der Waals surface area contributed by atoms with Gasteiger partial charge in [0.2, 0.25) is 0 Å². The molecule has 1 amide bonds. The van der Waals surface area contributed by atoms with E-state index in [9.17, 15) is 4.79 Å². The largest absolute Gasteiger partial charge is 0.481 e. The molecule has 1 fully saturated rings. The Balaban J connectivity index is 1.52. The van der Waals surface area contributed by atoms with Gasteiger partial charge in [-0.3, -0.25) is 15.0 Å². The van der Waals surface area contributed by atoms with Crippen LogP contribution in [-0.2, 0) is 11.3 Å². The molecule has 2 aromatic rings. The van der Waals surface area contributed by atoms with Crippen molar-refractivity contribution in [2.45, 2.75) is 39.8 Å². The Kier molecular flexibility index (Phi) is 6.65. The number of rotatable bonds is 6. The van der Waals surface area contributed by atoms with Gasteiger partial charge in [0.1, 0.15) is 5.75 Å². The minimum absolute atomic E-state index is 0.245. The lowest BCUT2D eigenvalue weighted by atomic mass is 9.92. The van der Waals surface area contributed by atoms with E-state index >= 15 is 0 Å². The standard InChI is InChI=1S/C21H26N4O2S/c1-14-8-15(2)11-25(10-14)12-18-13-28-21(23-18)24-20(26)16(3)27-19-6-4-17(9-22)5-7-19/h4-7,13-16H,8,10-12H2,1-3H3,(H,23,24,26)/t14-,15+,16-/m0/s1. The van der Waals surface area contributed by atoms with E-state index in [0.717, 1.165) is 25.3 Å². The molecule has 0 radical (unpaired) electrons. The minimum Gasteiger partial charge on any atom is -0.481 e. The fourth-order valence-electron chi connectivity index (χ4n) is 3.66. The predicted molar refractivity (Wildman–Crippen MR) is 110 cm³/mol. The van der Waals surface area contributed by atoms with E-state index < -0.39 is 6.10 Å². The number of piperidine rings is 1. The topological polar surface area (TPSA) is 78.3 Å². The van der Waals surface area contributed by atoms with Gasteiger partial charge in [-0.05, 0) is 49.4 Å². The van der Waals surface area contributed by atoms with E-state index in [1.165, 1.54) is 17.8 Å². The second-order valence-corrected chi connectivity index (χ2v) is 8.53. The Hall–Kier alpha value is -2.43. The molecule has 3 rings (SSSR count). The maximum Gasteiger partial charge on any atom is 0.266 e. The van der Waals surface area contributed by atoms with Crippen LogP contribution in [0.2, 0.25) is 0 Å². The van der Waals surface area contributed by atoms with Gasteiger partial charge in [-0.2, -0.15) is 5.26 Å². The first-order valence-corrected chi connectivity index (χ1v) is 10.5. The van der Waals surface area contributed by atoms with E-state index in [-0.39, 0.29) is 5.91 Å². The van der Waals surface area contributed by atoms with Gasteiger partial charge in [-0.25, -0.2) is 4.98 Å². The molecule has 6 nitrogen and oxygen atoms in total. The number of nitriles is 1. The van der Waals surface area contributed by atoms with Crippen molar-refractivity contribution < 1.29 is 9.53 Å². The van der Waals surface area contributed by atoms with Crippen LogP contribution in [0.25, 0.3) is 0 Å². The molecule has 1 aliphatic rings. The van der Waals surface area contributed by atoms with Crippen LogP contribution in [0.4, 0.5) is 5.13 Å². The Morgan fingerprint density at radius 3 is 2.68 bits per heavy atom. The molecule has 0 spiro atoms. The molecule has 1 aromatic carbocycles. The number of benzene rings is 1. The molecule has 0 bridgehead atoms. The Bertz CT molecular complexity index is 833. The number of anilines is 1. The molecule has 0 aliphatic carbocycles. The lowest BCUT2D eigenvalue weighted by Crippen LogP contribution is -2.38. The summed E-state index contributed by atoms with van der Waals surface area (Å²) in [5.74, 6) is 1.73. The maximum absolute atomic E-state index is 12.4. The average Bonchev–Trinajstić information content (AvgIpc) is 3.08. The van der Waals surface area contributed by atoms with Gasteiger partial charge in [0, 0.05) is 25.0 Å². The van der Waals surface area contributed by atoms with Crippen LogP contribution < -0.4 is 10.1 Å². The number of amides is 1. The first kappa shape index (κ1) is 20.3. The molecule has 7 heteroatoms. The zero-order valence-electron chi connectivity index (χ0n) is 16.5. The maximum atomic E-state index is 12.4. The SMILES string of the molecule is C[C@@H]1C[C@H](C)CN(Cc2csc(NC(=O)[C@H](C)Oc3ccc(C#N)cc3)n2)C1. The van der Waals surface area contributed by atoms with Gasteiger partial charge >= 0.3 is 0 Å². The first-order valence-electron chi connectivity index (χ1n) is 9.57. The number of nitrogens with zero attached hydrogens (tertiary/aromatic N) is 3. The molecule has 2 heterocycles. The van der Waals surface area contributed by atoms with Crippen LogP contribution >= 0.6 is 11.3 Å². The molecule has 1 N–H and O–H groups in total. The fourth-order valence-corrected chi connectivity index (χ4v) is 4.36. The summed E-state index contributed by atoms with van der Waals surface area (Å²) < 4.78 is 5.65. The number of carbonyl (C=O) groups excluding carboxylic acids is 1. The van der Waals surface area contributed by atoms with Gasteiger partial charge in [0.05, 0.1) is 17.3 Å². The van der Waals surface area contributed by atoms with Crippen LogP contribution in [-0.4, -0.2) is 35.0 Å². The second-order valence-electron chi connectivity index (χ2n) is 7.67. The van der Waals surface area contributed by atoms with E-state index in [2.05, 4.69) is 35.1 Å². The molecule has 1 aliphatic heterocycles. The third kappa shape index (κ3) is 5.54. The minimum atomic E-state index is -0.663. The van der Waals surface area contributed by atoms with Crippen LogP contribution in [0.5, 0.6) is 5.75 Å². The highest BCUT2D eigenvalue weighted by Gasteiger charge is 2.23. The fraction of sp³-hybridized carbons (Fsp3) is 0.476. The molecule has 28 heavy (non-hydrogen) atoms. The number of hydrogen-bond donors (Lipinski definition) is 1. The smallest absolute Gasteiger partial charge is 0.266 e. The number of likely N-dealkylation sites (tertiary alicyclic amines) is 1. The van der Waals surface area contributed by atoms with E-state index in [4.69, 9.17) is 10.00 Å². The van der Waals surface area contributed by atoms with Gasteiger partial charge in [0.15, 0.2) is 11.2 Å². The predicted octanol–water partition coefficient (Wildman–Crippen LogP) is 3.90. The van der Waals surface area contributed by atoms with Gasteiger partial charge < -0.3 is 4.74 Å². The summed E-state index contributed by atoms with van der Waals surface area (Å²) in [6.45, 7) is 9.30. The Morgan fingerprint density at radius 2 is 2.04 bits per heavy atom. The third-order valence-electron chi connectivity index (χ3n) is 4.78. The summed E-state index contributed by atoms with van der Waals surface area (Å²) >= 11 is 1.44. The van der Waals surface area contributed by atoms with Crippen molar-refractivity contribution in [3.05, 3.63) is 40.9 Å². The molecular weight excluding hydrogens is 372 g/mol. The first-order chi connectivity index (χ1) is 13.4. The van der Waals surface area contributed by atoms with Crippen molar-refractivity contribution in [3.8, 4) is 11.8 Å². The normalized spacial score (nSPS) is 20.9. The summed E-state index contributed by atoms with van der Waals surface area (Å²) in [6.07, 6.45) is 0.621. The van der Waals surface area contributed by atoms with Crippen molar-refractivity contribution in [1.29, 1.82) is 5.26 Å². The van der Waals surface area contributed by atoms with E-state index in [1.54, 1.807) is 31.2 Å². The molecule has 0 unspecified atom stereocenters. The third-order valence-corrected chi connectivity index (χ3v) is 5.58. The van der Waals surface area contributed by atoms with Gasteiger partial charge in [-0.15, -0.1) is 11.3 Å².